The fourth-order valence-electron chi connectivity index (χ4n) is 4.06. The minimum Gasteiger partial charge on any atom is -0.496 e. The fourth-order valence-corrected chi connectivity index (χ4v) is 4.06. The van der Waals surface area contributed by atoms with Gasteiger partial charge in [-0.2, -0.15) is 0 Å². The largest absolute Gasteiger partial charge is 0.496 e. The van der Waals surface area contributed by atoms with Gasteiger partial charge in [-0.05, 0) is 58.1 Å². The quantitative estimate of drug-likeness (QED) is 0.522. The van der Waals surface area contributed by atoms with Gasteiger partial charge < -0.3 is 9.47 Å². The first kappa shape index (κ1) is 23.3. The van der Waals surface area contributed by atoms with Gasteiger partial charge in [0.1, 0.15) is 11.5 Å². The molecule has 2 aromatic carbocycles. The van der Waals surface area contributed by atoms with Crippen molar-refractivity contribution in [2.75, 3.05) is 14.2 Å². The van der Waals surface area contributed by atoms with Crippen molar-refractivity contribution in [2.45, 2.75) is 85.5 Å². The van der Waals surface area contributed by atoms with Crippen LogP contribution in [0.4, 0.5) is 0 Å². The molecule has 0 heterocycles. The first-order chi connectivity index (χ1) is 13.5. The van der Waals surface area contributed by atoms with E-state index in [1.807, 2.05) is 0 Å². The molecule has 0 unspecified atom stereocenters. The van der Waals surface area contributed by atoms with Gasteiger partial charge in [0.2, 0.25) is 0 Å². The first-order valence-corrected chi connectivity index (χ1v) is 10.9. The van der Waals surface area contributed by atoms with Gasteiger partial charge >= 0.3 is 0 Å². The van der Waals surface area contributed by atoms with E-state index in [1.54, 1.807) is 14.2 Å². The van der Waals surface area contributed by atoms with Crippen LogP contribution in [0.25, 0.3) is 0 Å². The molecule has 160 valence electrons. The van der Waals surface area contributed by atoms with E-state index in [9.17, 15) is 0 Å². The summed E-state index contributed by atoms with van der Waals surface area (Å²) in [7, 11) is 3.57. The second-order valence-corrected chi connectivity index (χ2v) is 10.0. The second kappa shape index (κ2) is 8.81. The Morgan fingerprint density at radius 2 is 0.966 bits per heavy atom. The molecular formula is C27H40O2. The summed E-state index contributed by atoms with van der Waals surface area (Å²) in [6.07, 6.45) is 2.81. The third-order valence-electron chi connectivity index (χ3n) is 5.76. The Hall–Kier alpha value is -1.96. The van der Waals surface area contributed by atoms with Gasteiger partial charge in [0.05, 0.1) is 14.2 Å². The monoisotopic (exact) mass is 396 g/mol. The Morgan fingerprint density at radius 3 is 1.21 bits per heavy atom. The van der Waals surface area contributed by atoms with E-state index in [0.29, 0.717) is 0 Å². The average molecular weight is 397 g/mol. The summed E-state index contributed by atoms with van der Waals surface area (Å²) >= 11 is 0. The molecule has 2 aromatic rings. The maximum absolute atomic E-state index is 5.90. The van der Waals surface area contributed by atoms with Gasteiger partial charge in [0.25, 0.3) is 0 Å². The summed E-state index contributed by atoms with van der Waals surface area (Å²) in [6.45, 7) is 18.1. The zero-order valence-electron chi connectivity index (χ0n) is 20.2. The van der Waals surface area contributed by atoms with Gasteiger partial charge in [-0.3, -0.25) is 0 Å². The van der Waals surface area contributed by atoms with Crippen LogP contribution in [0.3, 0.4) is 0 Å². The van der Waals surface area contributed by atoms with Crippen LogP contribution in [0, 0.1) is 0 Å². The predicted molar refractivity (Wildman–Crippen MR) is 125 cm³/mol. The molecule has 0 atom stereocenters. The van der Waals surface area contributed by atoms with E-state index in [-0.39, 0.29) is 10.8 Å². The van der Waals surface area contributed by atoms with Crippen molar-refractivity contribution in [1.29, 1.82) is 0 Å². The third-order valence-corrected chi connectivity index (χ3v) is 5.76. The first-order valence-electron chi connectivity index (χ1n) is 10.9. The molecule has 0 spiro atoms. The molecular weight excluding hydrogens is 356 g/mol. The van der Waals surface area contributed by atoms with E-state index < -0.39 is 0 Å². The summed E-state index contributed by atoms with van der Waals surface area (Å²) in [6, 6.07) is 9.13. The van der Waals surface area contributed by atoms with Gasteiger partial charge in [0, 0.05) is 17.5 Å². The molecule has 2 heteroatoms. The van der Waals surface area contributed by atoms with Crippen LogP contribution in [-0.4, -0.2) is 14.2 Å². The van der Waals surface area contributed by atoms with Crippen LogP contribution in [0.2, 0.25) is 0 Å². The second-order valence-electron chi connectivity index (χ2n) is 10.0. The zero-order valence-corrected chi connectivity index (χ0v) is 20.2. The van der Waals surface area contributed by atoms with Crippen molar-refractivity contribution >= 4 is 0 Å². The molecule has 0 fully saturated rings. The lowest BCUT2D eigenvalue weighted by Crippen LogP contribution is -2.19. The van der Waals surface area contributed by atoms with Crippen LogP contribution in [0.5, 0.6) is 11.5 Å². The molecule has 0 amide bonds. The molecule has 29 heavy (non-hydrogen) atoms. The van der Waals surface area contributed by atoms with Crippen molar-refractivity contribution in [2.24, 2.45) is 0 Å². The van der Waals surface area contributed by atoms with Crippen LogP contribution < -0.4 is 9.47 Å². The predicted octanol–water partition coefficient (Wildman–Crippen LogP) is 7.01. The van der Waals surface area contributed by atoms with Crippen molar-refractivity contribution in [3.63, 3.8) is 0 Å². The van der Waals surface area contributed by atoms with Crippen LogP contribution >= 0.6 is 0 Å². The normalized spacial score (nSPS) is 12.2. The highest BCUT2D eigenvalue weighted by molar-refractivity contribution is 5.54. The smallest absolute Gasteiger partial charge is 0.122 e. The molecule has 0 saturated carbocycles. The van der Waals surface area contributed by atoms with E-state index in [4.69, 9.17) is 9.47 Å². The highest BCUT2D eigenvalue weighted by atomic mass is 16.5. The minimum atomic E-state index is 0.0340. The molecule has 0 aliphatic rings. The van der Waals surface area contributed by atoms with E-state index >= 15 is 0 Å². The molecule has 0 bridgehead atoms. The molecule has 0 aliphatic heterocycles. The molecule has 0 saturated heterocycles. The van der Waals surface area contributed by atoms with E-state index in [2.05, 4.69) is 79.7 Å². The fraction of sp³-hybridized carbons (Fsp3) is 0.556. The van der Waals surface area contributed by atoms with Gasteiger partial charge in [-0.15, -0.1) is 0 Å². The van der Waals surface area contributed by atoms with Crippen LogP contribution in [0.15, 0.2) is 24.3 Å². The highest BCUT2D eigenvalue weighted by Gasteiger charge is 2.27. The van der Waals surface area contributed by atoms with Gasteiger partial charge in [-0.1, -0.05) is 67.5 Å². The van der Waals surface area contributed by atoms with Crippen molar-refractivity contribution in [1.82, 2.24) is 0 Å². The number of hydrogen-bond donors (Lipinski definition) is 0. The third kappa shape index (κ3) is 5.15. The highest BCUT2D eigenvalue weighted by Crippen LogP contribution is 2.40. The number of rotatable bonds is 6. The standard InChI is InChI=1S/C27H40O2/c1-11-18-13-22(26(3,4)5)20(24(15-18)28-9)17-21-23(27(6,7)8)14-19(12-2)16-25(21)29-10/h13-16H,11-12,17H2,1-10H3. The molecule has 0 aliphatic carbocycles. The summed E-state index contributed by atoms with van der Waals surface area (Å²) in [5, 5.41) is 0. The Kier molecular flexibility index (Phi) is 7.09. The summed E-state index contributed by atoms with van der Waals surface area (Å²) in [5.74, 6) is 1.96. The lowest BCUT2D eigenvalue weighted by atomic mass is 9.77. The number of benzene rings is 2. The Bertz CT molecular complexity index is 777. The molecule has 2 nitrogen and oxygen atoms in total. The SMILES string of the molecule is CCc1cc(OC)c(Cc2c(OC)cc(CC)cc2C(C)(C)C)c(C(C)(C)C)c1. The molecule has 0 radical (unpaired) electrons. The van der Waals surface area contributed by atoms with Gasteiger partial charge in [0.15, 0.2) is 0 Å². The summed E-state index contributed by atoms with van der Waals surface area (Å²) < 4.78 is 11.8. The van der Waals surface area contributed by atoms with Crippen molar-refractivity contribution in [3.8, 4) is 11.5 Å². The maximum atomic E-state index is 5.90. The summed E-state index contributed by atoms with van der Waals surface area (Å²) in [5.41, 5.74) is 7.96. The lowest BCUT2D eigenvalue weighted by Gasteiger charge is -2.29. The Labute approximate surface area is 178 Å². The zero-order chi connectivity index (χ0) is 22.0. The van der Waals surface area contributed by atoms with E-state index in [1.165, 1.54) is 33.4 Å². The number of methoxy groups -OCH3 is 2. The minimum absolute atomic E-state index is 0.0340. The Balaban J connectivity index is 2.80. The number of ether oxygens (including phenoxy) is 2. The van der Waals surface area contributed by atoms with Gasteiger partial charge in [-0.25, -0.2) is 0 Å². The average Bonchev–Trinajstić information content (AvgIpc) is 2.66. The van der Waals surface area contributed by atoms with Crippen LogP contribution in [-0.2, 0) is 30.1 Å². The van der Waals surface area contributed by atoms with Crippen LogP contribution in [0.1, 0.15) is 88.8 Å². The Morgan fingerprint density at radius 1 is 0.621 bits per heavy atom. The van der Waals surface area contributed by atoms with E-state index in [0.717, 1.165) is 30.8 Å². The summed E-state index contributed by atoms with van der Waals surface area (Å²) in [4.78, 5) is 0. The van der Waals surface area contributed by atoms with Crippen molar-refractivity contribution in [3.05, 3.63) is 57.6 Å². The maximum Gasteiger partial charge on any atom is 0.122 e. The molecule has 0 N–H and O–H groups in total. The molecule has 2 rings (SSSR count). The molecule has 0 aromatic heterocycles. The number of aryl methyl sites for hydroxylation is 2. The lowest BCUT2D eigenvalue weighted by molar-refractivity contribution is 0.400. The number of hydrogen-bond acceptors (Lipinski definition) is 2. The topological polar surface area (TPSA) is 18.5 Å². The van der Waals surface area contributed by atoms with Crippen molar-refractivity contribution < 1.29 is 9.47 Å².